The lowest BCUT2D eigenvalue weighted by Gasteiger charge is -2.04. The van der Waals surface area contributed by atoms with Crippen LogP contribution in [0.4, 0.5) is 0 Å². The summed E-state index contributed by atoms with van der Waals surface area (Å²) >= 11 is 1.96. The molecular formula is C11H13IN2O3. The molecule has 0 spiro atoms. The highest BCUT2D eigenvalue weighted by Gasteiger charge is 2.06. The van der Waals surface area contributed by atoms with Crippen LogP contribution in [0.3, 0.4) is 0 Å². The van der Waals surface area contributed by atoms with E-state index in [9.17, 15) is 9.59 Å². The summed E-state index contributed by atoms with van der Waals surface area (Å²) in [5.74, 6) is -0.396. The van der Waals surface area contributed by atoms with E-state index in [0.717, 1.165) is 0 Å². The van der Waals surface area contributed by atoms with Gasteiger partial charge in [0.25, 0.3) is 5.56 Å². The zero-order valence-electron chi connectivity index (χ0n) is 9.86. The van der Waals surface area contributed by atoms with Gasteiger partial charge in [0.05, 0.1) is 22.7 Å². The van der Waals surface area contributed by atoms with Crippen LogP contribution in [-0.2, 0) is 16.1 Å². The van der Waals surface area contributed by atoms with Crippen LogP contribution in [0.2, 0.25) is 0 Å². The molecule has 0 unspecified atom stereocenters. The number of ether oxygens (including phenoxy) is 1. The van der Waals surface area contributed by atoms with Crippen LogP contribution >= 0.6 is 22.6 Å². The number of aromatic nitrogens is 2. The molecule has 0 radical (unpaired) electrons. The second-order valence-corrected chi connectivity index (χ2v) is 4.56. The Labute approximate surface area is 113 Å². The molecule has 1 aromatic heterocycles. The molecule has 0 aliphatic rings. The van der Waals surface area contributed by atoms with Gasteiger partial charge in [-0.05, 0) is 36.4 Å². The molecule has 0 saturated carbocycles. The van der Waals surface area contributed by atoms with Gasteiger partial charge < -0.3 is 4.74 Å². The first-order valence-corrected chi connectivity index (χ1v) is 6.02. The van der Waals surface area contributed by atoms with Crippen molar-refractivity contribution >= 4 is 28.6 Å². The van der Waals surface area contributed by atoms with Gasteiger partial charge in [-0.3, -0.25) is 9.36 Å². The van der Waals surface area contributed by atoms with Crippen molar-refractivity contribution in [1.29, 1.82) is 0 Å². The van der Waals surface area contributed by atoms with Crippen molar-refractivity contribution in [2.45, 2.75) is 20.4 Å². The lowest BCUT2D eigenvalue weighted by molar-refractivity contribution is -0.136. The molecule has 92 valence electrons. The fraction of sp³-hybridized carbons (Fsp3) is 0.364. The van der Waals surface area contributed by atoms with Crippen LogP contribution in [-0.4, -0.2) is 22.6 Å². The van der Waals surface area contributed by atoms with E-state index in [0.29, 0.717) is 21.4 Å². The van der Waals surface area contributed by atoms with Crippen molar-refractivity contribution in [2.24, 2.45) is 0 Å². The largest absolute Gasteiger partial charge is 0.466 e. The zero-order valence-corrected chi connectivity index (χ0v) is 12.0. The molecule has 0 aliphatic carbocycles. The third kappa shape index (κ3) is 3.39. The number of rotatable bonds is 3. The first kappa shape index (κ1) is 13.9. The molecule has 0 bridgehead atoms. The van der Waals surface area contributed by atoms with Gasteiger partial charge in [0.15, 0.2) is 0 Å². The summed E-state index contributed by atoms with van der Waals surface area (Å²) in [5.41, 5.74) is 1.07. The van der Waals surface area contributed by atoms with E-state index < -0.39 is 5.97 Å². The summed E-state index contributed by atoms with van der Waals surface area (Å²) < 4.78 is 6.60. The Bertz CT molecular complexity index is 520. The first-order valence-electron chi connectivity index (χ1n) is 4.94. The molecule has 1 rings (SSSR count). The van der Waals surface area contributed by atoms with Gasteiger partial charge in [0.1, 0.15) is 0 Å². The Morgan fingerprint density at radius 1 is 1.65 bits per heavy atom. The van der Waals surface area contributed by atoms with E-state index in [-0.39, 0.29) is 5.56 Å². The molecule has 1 aromatic rings. The Kier molecular flexibility index (Phi) is 4.86. The molecule has 0 saturated heterocycles. The molecule has 6 heteroatoms. The summed E-state index contributed by atoms with van der Waals surface area (Å²) in [7, 11) is 1.32. The van der Waals surface area contributed by atoms with Crippen LogP contribution < -0.4 is 5.56 Å². The van der Waals surface area contributed by atoms with Crippen molar-refractivity contribution < 1.29 is 9.53 Å². The quantitative estimate of drug-likeness (QED) is 0.469. The molecule has 5 nitrogen and oxygen atoms in total. The van der Waals surface area contributed by atoms with E-state index in [4.69, 9.17) is 0 Å². The van der Waals surface area contributed by atoms with Crippen molar-refractivity contribution in [3.63, 3.8) is 0 Å². The fourth-order valence-corrected chi connectivity index (χ4v) is 1.60. The van der Waals surface area contributed by atoms with Gasteiger partial charge in [-0.15, -0.1) is 0 Å². The molecule has 17 heavy (non-hydrogen) atoms. The highest BCUT2D eigenvalue weighted by atomic mass is 127. The highest BCUT2D eigenvalue weighted by Crippen LogP contribution is 2.02. The minimum atomic E-state index is -0.396. The Morgan fingerprint density at radius 3 is 2.88 bits per heavy atom. The van der Waals surface area contributed by atoms with Gasteiger partial charge >= 0.3 is 5.97 Å². The predicted molar refractivity (Wildman–Crippen MR) is 71.7 cm³/mol. The van der Waals surface area contributed by atoms with Gasteiger partial charge in [-0.2, -0.15) is 0 Å². The number of methoxy groups -OCH3 is 1. The van der Waals surface area contributed by atoms with Crippen LogP contribution in [0, 0.1) is 10.5 Å². The summed E-state index contributed by atoms with van der Waals surface area (Å²) in [5, 5.41) is 0. The van der Waals surface area contributed by atoms with E-state index in [1.54, 1.807) is 19.9 Å². The maximum atomic E-state index is 11.8. The van der Waals surface area contributed by atoms with Gasteiger partial charge in [0.2, 0.25) is 0 Å². The van der Waals surface area contributed by atoms with Gasteiger partial charge in [0, 0.05) is 12.1 Å². The molecule has 0 aromatic carbocycles. The van der Waals surface area contributed by atoms with Crippen molar-refractivity contribution in [3.8, 4) is 0 Å². The Hall–Kier alpha value is -1.18. The van der Waals surface area contributed by atoms with Gasteiger partial charge in [-0.25, -0.2) is 9.78 Å². The Morgan fingerprint density at radius 2 is 2.29 bits per heavy atom. The molecule has 0 atom stereocenters. The van der Waals surface area contributed by atoms with Crippen molar-refractivity contribution in [2.75, 3.05) is 7.11 Å². The number of esters is 1. The van der Waals surface area contributed by atoms with Gasteiger partial charge in [-0.1, -0.05) is 6.08 Å². The Balaban J connectivity index is 2.95. The molecular weight excluding hydrogens is 335 g/mol. The average molecular weight is 348 g/mol. The monoisotopic (exact) mass is 348 g/mol. The summed E-state index contributed by atoms with van der Waals surface area (Å²) in [4.78, 5) is 27.0. The molecule has 0 N–H and O–H groups in total. The number of halogens is 1. The minimum Gasteiger partial charge on any atom is -0.466 e. The number of aryl methyl sites for hydroxylation is 1. The molecule has 0 amide bonds. The highest BCUT2D eigenvalue weighted by molar-refractivity contribution is 14.1. The lowest BCUT2D eigenvalue weighted by Crippen LogP contribution is -2.23. The fourth-order valence-electron chi connectivity index (χ4n) is 1.16. The summed E-state index contributed by atoms with van der Waals surface area (Å²) in [6.07, 6.45) is 3.11. The zero-order chi connectivity index (χ0) is 13.0. The van der Waals surface area contributed by atoms with Crippen LogP contribution in [0.15, 0.2) is 22.8 Å². The second kappa shape index (κ2) is 5.95. The van der Waals surface area contributed by atoms with Crippen LogP contribution in [0.5, 0.6) is 0 Å². The van der Waals surface area contributed by atoms with E-state index >= 15 is 0 Å². The standard InChI is InChI=1S/C11H13IN2O3/c1-7(11(16)17-3)4-5-14-6-13-8(2)9(12)10(14)15/h4,6H,5H2,1-3H3. The average Bonchev–Trinajstić information content (AvgIpc) is 2.33. The third-order valence-electron chi connectivity index (χ3n) is 2.26. The number of nitrogens with zero attached hydrogens (tertiary/aromatic N) is 2. The number of hydrogen-bond donors (Lipinski definition) is 0. The topological polar surface area (TPSA) is 61.2 Å². The van der Waals surface area contributed by atoms with Crippen molar-refractivity contribution in [3.05, 3.63) is 37.6 Å². The third-order valence-corrected chi connectivity index (χ3v) is 3.50. The van der Waals surface area contributed by atoms with E-state index in [1.807, 2.05) is 22.6 Å². The smallest absolute Gasteiger partial charge is 0.333 e. The number of carbonyl (C=O) groups is 1. The normalized spacial score (nSPS) is 11.4. The van der Waals surface area contributed by atoms with Crippen LogP contribution in [0.25, 0.3) is 0 Å². The number of hydrogen-bond acceptors (Lipinski definition) is 4. The lowest BCUT2D eigenvalue weighted by atomic mass is 10.3. The summed E-state index contributed by atoms with van der Waals surface area (Å²) in [6, 6.07) is 0. The second-order valence-electron chi connectivity index (χ2n) is 3.48. The van der Waals surface area contributed by atoms with E-state index in [2.05, 4.69) is 9.72 Å². The first-order chi connectivity index (χ1) is 7.97. The SMILES string of the molecule is COC(=O)C(C)=CCn1cnc(C)c(I)c1=O. The predicted octanol–water partition coefficient (Wildman–Crippen LogP) is 1.28. The van der Waals surface area contributed by atoms with Crippen molar-refractivity contribution in [1.82, 2.24) is 9.55 Å². The molecule has 0 aliphatic heterocycles. The minimum absolute atomic E-state index is 0.105. The number of carbonyl (C=O) groups excluding carboxylic acids is 1. The summed E-state index contributed by atoms with van der Waals surface area (Å²) in [6.45, 7) is 3.73. The molecule has 0 fully saturated rings. The number of allylic oxidation sites excluding steroid dienone is 1. The maximum Gasteiger partial charge on any atom is 0.333 e. The maximum absolute atomic E-state index is 11.8. The van der Waals surface area contributed by atoms with E-state index in [1.165, 1.54) is 18.0 Å². The van der Waals surface area contributed by atoms with Crippen LogP contribution in [0.1, 0.15) is 12.6 Å². The molecule has 1 heterocycles.